The van der Waals surface area contributed by atoms with E-state index < -0.39 is 6.10 Å². The summed E-state index contributed by atoms with van der Waals surface area (Å²) < 4.78 is 11.4. The molecule has 1 unspecified atom stereocenters. The van der Waals surface area contributed by atoms with E-state index in [1.807, 2.05) is 12.1 Å². The van der Waals surface area contributed by atoms with E-state index in [4.69, 9.17) is 31.3 Å². The molecule has 0 heterocycles. The van der Waals surface area contributed by atoms with Gasteiger partial charge in [0.2, 0.25) is 0 Å². The van der Waals surface area contributed by atoms with Crippen molar-refractivity contribution < 1.29 is 24.5 Å². The average molecular weight is 394 g/mol. The van der Waals surface area contributed by atoms with E-state index >= 15 is 0 Å². The lowest BCUT2D eigenvalue weighted by Gasteiger charge is -2.24. The average Bonchev–Trinajstić information content (AvgIpc) is 2.68. The van der Waals surface area contributed by atoms with Gasteiger partial charge in [0, 0.05) is 18.1 Å². The summed E-state index contributed by atoms with van der Waals surface area (Å²) >= 11 is 5.84. The van der Waals surface area contributed by atoms with Crippen LogP contribution >= 0.6 is 11.6 Å². The number of aliphatic hydroxyl groups is 2. The van der Waals surface area contributed by atoms with Crippen molar-refractivity contribution in [3.63, 3.8) is 0 Å². The first-order valence-electron chi connectivity index (χ1n) is 8.68. The second-order valence-electron chi connectivity index (χ2n) is 5.92. The maximum absolute atomic E-state index is 12.3. The third kappa shape index (κ3) is 6.75. The van der Waals surface area contributed by atoms with Crippen molar-refractivity contribution in [1.29, 1.82) is 0 Å². The van der Waals surface area contributed by atoms with Crippen molar-refractivity contribution in [2.45, 2.75) is 19.6 Å². The van der Waals surface area contributed by atoms with Crippen LogP contribution in [0.25, 0.3) is 0 Å². The number of amides is 1. The minimum absolute atomic E-state index is 0.161. The topological polar surface area (TPSA) is 79.2 Å². The Morgan fingerprint density at radius 2 is 1.56 bits per heavy atom. The van der Waals surface area contributed by atoms with E-state index in [0.717, 1.165) is 11.3 Å². The third-order valence-corrected chi connectivity index (χ3v) is 4.11. The van der Waals surface area contributed by atoms with E-state index in [1.165, 1.54) is 4.90 Å². The van der Waals surface area contributed by atoms with Crippen molar-refractivity contribution in [2.24, 2.45) is 0 Å². The van der Waals surface area contributed by atoms with Gasteiger partial charge in [0.1, 0.15) is 18.1 Å². The van der Waals surface area contributed by atoms with E-state index in [1.54, 1.807) is 43.3 Å². The molecule has 6 nitrogen and oxygen atoms in total. The molecule has 0 aromatic heterocycles. The molecule has 2 aromatic carbocycles. The van der Waals surface area contributed by atoms with Crippen molar-refractivity contribution in [1.82, 2.24) is 4.90 Å². The first-order valence-corrected chi connectivity index (χ1v) is 9.05. The molecule has 27 heavy (non-hydrogen) atoms. The molecule has 146 valence electrons. The third-order valence-electron chi connectivity index (χ3n) is 3.85. The molecule has 0 fully saturated rings. The highest BCUT2D eigenvalue weighted by molar-refractivity contribution is 6.30. The van der Waals surface area contributed by atoms with Crippen molar-refractivity contribution >= 4 is 17.5 Å². The maximum atomic E-state index is 12.3. The maximum Gasteiger partial charge on any atom is 0.263 e. The molecule has 0 saturated carbocycles. The molecule has 1 atom stereocenters. The minimum Gasteiger partial charge on any atom is -0.489 e. The van der Waals surface area contributed by atoms with Gasteiger partial charge >= 0.3 is 0 Å². The molecule has 0 aliphatic rings. The van der Waals surface area contributed by atoms with Crippen molar-refractivity contribution in [3.8, 4) is 11.5 Å². The van der Waals surface area contributed by atoms with Gasteiger partial charge < -0.3 is 24.6 Å². The van der Waals surface area contributed by atoms with Crippen LogP contribution in [0.5, 0.6) is 11.5 Å². The molecular weight excluding hydrogens is 370 g/mol. The molecule has 0 aliphatic carbocycles. The van der Waals surface area contributed by atoms with Crippen molar-refractivity contribution in [3.05, 3.63) is 59.1 Å². The van der Waals surface area contributed by atoms with Gasteiger partial charge in [-0.15, -0.1) is 0 Å². The van der Waals surface area contributed by atoms with Crippen LogP contribution in [0.1, 0.15) is 12.5 Å². The standard InChI is InChI=1S/C20H24ClNO5/c1-15(20(25)22(10-12-23)11-13-24)27-19-6-2-16(3-7-19)14-26-18-8-4-17(21)5-9-18/h2-9,15,23-24H,10-14H2,1H3. The predicted octanol–water partition coefficient (Wildman–Crippen LogP) is 2.50. The fraction of sp³-hybridized carbons (Fsp3) is 0.350. The Morgan fingerprint density at radius 3 is 2.11 bits per heavy atom. The normalized spacial score (nSPS) is 11.7. The highest BCUT2D eigenvalue weighted by Crippen LogP contribution is 2.19. The summed E-state index contributed by atoms with van der Waals surface area (Å²) in [6.07, 6.45) is -0.723. The summed E-state index contributed by atoms with van der Waals surface area (Å²) in [5.74, 6) is 0.999. The zero-order chi connectivity index (χ0) is 19.6. The molecule has 7 heteroatoms. The molecule has 1 amide bonds. The Labute approximate surface area is 163 Å². The number of ether oxygens (including phenoxy) is 2. The monoisotopic (exact) mass is 393 g/mol. The van der Waals surface area contributed by atoms with Crippen LogP contribution in [-0.2, 0) is 11.4 Å². The van der Waals surface area contributed by atoms with E-state index in [2.05, 4.69) is 0 Å². The van der Waals surface area contributed by atoms with E-state index in [-0.39, 0.29) is 32.2 Å². The lowest BCUT2D eigenvalue weighted by molar-refractivity contribution is -0.139. The zero-order valence-corrected chi connectivity index (χ0v) is 15.9. The number of rotatable bonds is 10. The summed E-state index contributed by atoms with van der Waals surface area (Å²) in [7, 11) is 0. The number of hydrogen-bond acceptors (Lipinski definition) is 5. The van der Waals surface area contributed by atoms with Crippen LogP contribution in [0.3, 0.4) is 0 Å². The van der Waals surface area contributed by atoms with Crippen LogP contribution in [0.4, 0.5) is 0 Å². The Balaban J connectivity index is 1.88. The number of hydrogen-bond donors (Lipinski definition) is 2. The quantitative estimate of drug-likeness (QED) is 0.648. The summed E-state index contributed by atoms with van der Waals surface area (Å²) in [4.78, 5) is 13.7. The fourth-order valence-electron chi connectivity index (χ4n) is 2.45. The molecule has 0 radical (unpaired) electrons. The Bertz CT molecular complexity index is 699. The van der Waals surface area contributed by atoms with Gasteiger partial charge in [-0.25, -0.2) is 0 Å². The highest BCUT2D eigenvalue weighted by atomic mass is 35.5. The van der Waals surface area contributed by atoms with Gasteiger partial charge in [-0.3, -0.25) is 4.79 Å². The lowest BCUT2D eigenvalue weighted by atomic mass is 10.2. The molecule has 0 aliphatic heterocycles. The minimum atomic E-state index is -0.723. The van der Waals surface area contributed by atoms with Crippen LogP contribution < -0.4 is 9.47 Å². The Kier molecular flexibility index (Phi) is 8.39. The largest absolute Gasteiger partial charge is 0.489 e. The first kappa shape index (κ1) is 21.0. The number of nitrogens with zero attached hydrogens (tertiary/aromatic N) is 1. The van der Waals surface area contributed by atoms with Crippen LogP contribution in [0.2, 0.25) is 5.02 Å². The summed E-state index contributed by atoms with van der Waals surface area (Å²) in [5, 5.41) is 18.7. The van der Waals surface area contributed by atoms with Crippen LogP contribution in [0.15, 0.2) is 48.5 Å². The lowest BCUT2D eigenvalue weighted by Crippen LogP contribution is -2.43. The van der Waals surface area contributed by atoms with Gasteiger partial charge in [0.05, 0.1) is 13.2 Å². The fourth-order valence-corrected chi connectivity index (χ4v) is 2.57. The predicted molar refractivity (Wildman–Crippen MR) is 103 cm³/mol. The first-order chi connectivity index (χ1) is 13.0. The molecular formula is C20H24ClNO5. The summed E-state index contributed by atoms with van der Waals surface area (Å²) in [6, 6.07) is 14.4. The van der Waals surface area contributed by atoms with Gasteiger partial charge in [-0.1, -0.05) is 23.7 Å². The smallest absolute Gasteiger partial charge is 0.263 e. The zero-order valence-electron chi connectivity index (χ0n) is 15.2. The molecule has 2 aromatic rings. The van der Waals surface area contributed by atoms with Crippen molar-refractivity contribution in [2.75, 3.05) is 26.3 Å². The van der Waals surface area contributed by atoms with Gasteiger partial charge in [-0.2, -0.15) is 0 Å². The SMILES string of the molecule is CC(Oc1ccc(COc2ccc(Cl)cc2)cc1)C(=O)N(CCO)CCO. The number of halogens is 1. The number of carbonyl (C=O) groups excluding carboxylic acids is 1. The Morgan fingerprint density at radius 1 is 1.00 bits per heavy atom. The van der Waals surface area contributed by atoms with Gasteiger partial charge in [-0.05, 0) is 48.9 Å². The molecule has 0 saturated heterocycles. The Hall–Kier alpha value is -2.28. The molecule has 2 rings (SSSR count). The number of benzene rings is 2. The van der Waals surface area contributed by atoms with Crippen LogP contribution in [0, 0.1) is 0 Å². The van der Waals surface area contributed by atoms with Gasteiger partial charge in [0.25, 0.3) is 5.91 Å². The number of carbonyl (C=O) groups is 1. The van der Waals surface area contributed by atoms with Crippen LogP contribution in [-0.4, -0.2) is 53.4 Å². The van der Waals surface area contributed by atoms with E-state index in [9.17, 15) is 4.79 Å². The molecule has 0 spiro atoms. The molecule has 0 bridgehead atoms. The molecule has 2 N–H and O–H groups in total. The number of aliphatic hydroxyl groups excluding tert-OH is 2. The second kappa shape index (κ2) is 10.8. The summed E-state index contributed by atoms with van der Waals surface area (Å²) in [5.41, 5.74) is 0.957. The van der Waals surface area contributed by atoms with Gasteiger partial charge in [0.15, 0.2) is 6.10 Å². The highest BCUT2D eigenvalue weighted by Gasteiger charge is 2.21. The summed E-state index contributed by atoms with van der Waals surface area (Å²) in [6.45, 7) is 2.03. The second-order valence-corrected chi connectivity index (χ2v) is 6.36. The van der Waals surface area contributed by atoms with E-state index in [0.29, 0.717) is 17.4 Å².